The average molecular weight is 382 g/mol. The van der Waals surface area contributed by atoms with Crippen molar-refractivity contribution in [1.29, 1.82) is 0 Å². The molecule has 0 radical (unpaired) electrons. The summed E-state index contributed by atoms with van der Waals surface area (Å²) in [6.07, 6.45) is 6.00. The molecule has 1 amide bonds. The molecule has 1 aliphatic carbocycles. The fourth-order valence-corrected chi connectivity index (χ4v) is 4.45. The smallest absolute Gasteiger partial charge is 0.314 e. The van der Waals surface area contributed by atoms with Gasteiger partial charge in [-0.25, -0.2) is 0 Å². The lowest BCUT2D eigenvalue weighted by Gasteiger charge is -2.31. The van der Waals surface area contributed by atoms with Crippen LogP contribution in [0.2, 0.25) is 0 Å². The third-order valence-electron chi connectivity index (χ3n) is 5.79. The Morgan fingerprint density at radius 1 is 1.14 bits per heavy atom. The number of rotatable bonds is 3. The van der Waals surface area contributed by atoms with Gasteiger partial charge in [0.25, 0.3) is 5.91 Å². The zero-order chi connectivity index (χ0) is 19.9. The minimum Gasteiger partial charge on any atom is -0.459 e. The van der Waals surface area contributed by atoms with Crippen LogP contribution in [0.5, 0.6) is 0 Å². The van der Waals surface area contributed by atoms with Gasteiger partial charge in [-0.05, 0) is 63.8 Å². The Hall–Kier alpha value is -2.70. The molecule has 1 aliphatic heterocycles. The van der Waals surface area contributed by atoms with Crippen molar-refractivity contribution in [3.63, 3.8) is 0 Å². The summed E-state index contributed by atoms with van der Waals surface area (Å²) in [7, 11) is 0. The van der Waals surface area contributed by atoms with E-state index in [1.807, 2.05) is 49.9 Å². The fraction of sp³-hybridized carbons (Fsp3) is 0.524. The number of carbonyl (C=O) groups excluding carboxylic acids is 2. The number of ether oxygens (including phenoxy) is 1. The molecule has 0 unspecified atom stereocenters. The Kier molecular flexibility index (Phi) is 4.48. The van der Waals surface area contributed by atoms with Crippen LogP contribution in [-0.2, 0) is 9.53 Å². The number of aromatic nitrogens is 3. The van der Waals surface area contributed by atoms with Crippen LogP contribution in [0.25, 0.3) is 5.69 Å². The van der Waals surface area contributed by atoms with Gasteiger partial charge in [-0.3, -0.25) is 14.2 Å². The van der Waals surface area contributed by atoms with Gasteiger partial charge in [0.1, 0.15) is 18.3 Å². The quantitative estimate of drug-likeness (QED) is 0.763. The van der Waals surface area contributed by atoms with E-state index in [4.69, 9.17) is 4.74 Å². The molecule has 2 aromatic rings. The molecule has 0 N–H and O–H groups in total. The van der Waals surface area contributed by atoms with Gasteiger partial charge in [0.05, 0.1) is 5.41 Å². The minimum absolute atomic E-state index is 0.0346. The average Bonchev–Trinajstić information content (AvgIpc) is 3.35. The second-order valence-electron chi connectivity index (χ2n) is 8.85. The molecular formula is C21H26N4O3. The predicted octanol–water partition coefficient (Wildman–Crippen LogP) is 2.85. The van der Waals surface area contributed by atoms with Gasteiger partial charge in [-0.1, -0.05) is 6.42 Å². The van der Waals surface area contributed by atoms with Gasteiger partial charge in [-0.15, -0.1) is 10.2 Å². The summed E-state index contributed by atoms with van der Waals surface area (Å²) in [5, 5.41) is 7.59. The number of likely N-dealkylation sites (tertiary alicyclic amines) is 1. The van der Waals surface area contributed by atoms with Gasteiger partial charge in [-0.2, -0.15) is 0 Å². The molecular weight excluding hydrogens is 356 g/mol. The summed E-state index contributed by atoms with van der Waals surface area (Å²) in [5.41, 5.74) is 0.445. The molecule has 7 nitrogen and oxygen atoms in total. The van der Waals surface area contributed by atoms with E-state index in [1.54, 1.807) is 17.2 Å². The highest BCUT2D eigenvalue weighted by molar-refractivity contribution is 5.95. The predicted molar refractivity (Wildman–Crippen MR) is 103 cm³/mol. The van der Waals surface area contributed by atoms with Crippen molar-refractivity contribution in [2.24, 2.45) is 11.3 Å². The zero-order valence-electron chi connectivity index (χ0n) is 16.6. The van der Waals surface area contributed by atoms with E-state index in [0.29, 0.717) is 18.7 Å². The molecule has 2 heterocycles. The molecule has 4 rings (SSSR count). The Bertz CT molecular complexity index is 870. The van der Waals surface area contributed by atoms with E-state index in [-0.39, 0.29) is 17.8 Å². The van der Waals surface area contributed by atoms with Crippen molar-refractivity contribution in [2.75, 3.05) is 13.1 Å². The molecule has 1 saturated heterocycles. The maximum atomic E-state index is 13.1. The summed E-state index contributed by atoms with van der Waals surface area (Å²) in [6, 6.07) is 7.37. The number of amides is 1. The van der Waals surface area contributed by atoms with Crippen molar-refractivity contribution >= 4 is 11.9 Å². The maximum Gasteiger partial charge on any atom is 0.314 e. The number of nitrogens with zero attached hydrogens (tertiary/aromatic N) is 4. The SMILES string of the molecule is CC(C)(C)OC(=O)[C@@]12CCC[C@H]1CN(C(=O)c1ccc(-n3cnnc3)cc1)C2. The minimum atomic E-state index is -0.550. The number of fused-ring (bicyclic) bond motifs is 1. The van der Waals surface area contributed by atoms with Crippen molar-refractivity contribution in [1.82, 2.24) is 19.7 Å². The van der Waals surface area contributed by atoms with Crippen molar-refractivity contribution in [3.05, 3.63) is 42.5 Å². The normalized spacial score (nSPS) is 24.2. The molecule has 7 heteroatoms. The maximum absolute atomic E-state index is 13.1. The molecule has 1 aromatic heterocycles. The highest BCUT2D eigenvalue weighted by Gasteiger charge is 2.57. The summed E-state index contributed by atoms with van der Waals surface area (Å²) in [5.74, 6) is -0.00371. The van der Waals surface area contributed by atoms with Crippen LogP contribution in [0.3, 0.4) is 0 Å². The van der Waals surface area contributed by atoms with Gasteiger partial charge in [0, 0.05) is 24.3 Å². The van der Waals surface area contributed by atoms with Crippen LogP contribution in [-0.4, -0.2) is 50.2 Å². The highest BCUT2D eigenvalue weighted by atomic mass is 16.6. The second kappa shape index (κ2) is 6.72. The largest absolute Gasteiger partial charge is 0.459 e. The van der Waals surface area contributed by atoms with Crippen LogP contribution in [0.1, 0.15) is 50.4 Å². The van der Waals surface area contributed by atoms with Gasteiger partial charge in [0.2, 0.25) is 0 Å². The van der Waals surface area contributed by atoms with Crippen molar-refractivity contribution < 1.29 is 14.3 Å². The molecule has 0 spiro atoms. The fourth-order valence-electron chi connectivity index (χ4n) is 4.45. The third kappa shape index (κ3) is 3.30. The lowest BCUT2D eigenvalue weighted by molar-refractivity contribution is -0.168. The van der Waals surface area contributed by atoms with E-state index < -0.39 is 11.0 Å². The molecule has 2 fully saturated rings. The van der Waals surface area contributed by atoms with Crippen LogP contribution < -0.4 is 0 Å². The number of hydrogen-bond donors (Lipinski definition) is 0. The topological polar surface area (TPSA) is 77.3 Å². The van der Waals surface area contributed by atoms with Crippen molar-refractivity contribution in [2.45, 2.75) is 45.6 Å². The molecule has 1 saturated carbocycles. The molecule has 0 bridgehead atoms. The Morgan fingerprint density at radius 3 is 2.46 bits per heavy atom. The standard InChI is InChI=1S/C21H26N4O3/c1-20(2,3)28-19(27)21-10-4-5-16(21)11-24(12-21)18(26)15-6-8-17(9-7-15)25-13-22-23-14-25/h6-9,13-14,16H,4-5,10-12H2,1-3H3/t16-,21+/m0/s1. The lowest BCUT2D eigenvalue weighted by atomic mass is 9.80. The van der Waals surface area contributed by atoms with E-state index in [0.717, 1.165) is 24.9 Å². The van der Waals surface area contributed by atoms with Crippen LogP contribution in [0.4, 0.5) is 0 Å². The van der Waals surface area contributed by atoms with E-state index >= 15 is 0 Å². The summed E-state index contributed by atoms with van der Waals surface area (Å²) < 4.78 is 7.51. The summed E-state index contributed by atoms with van der Waals surface area (Å²) in [6.45, 7) is 6.73. The Labute approximate surface area is 164 Å². The first-order valence-corrected chi connectivity index (χ1v) is 9.76. The van der Waals surface area contributed by atoms with Gasteiger partial charge in [0.15, 0.2) is 0 Å². The zero-order valence-corrected chi connectivity index (χ0v) is 16.6. The molecule has 28 heavy (non-hydrogen) atoms. The molecule has 148 valence electrons. The Morgan fingerprint density at radius 2 is 1.82 bits per heavy atom. The first kappa shape index (κ1) is 18.7. The van der Waals surface area contributed by atoms with E-state index in [2.05, 4.69) is 10.2 Å². The number of hydrogen-bond acceptors (Lipinski definition) is 5. The van der Waals surface area contributed by atoms with E-state index in [9.17, 15) is 9.59 Å². The van der Waals surface area contributed by atoms with Crippen LogP contribution >= 0.6 is 0 Å². The number of carbonyl (C=O) groups is 2. The number of esters is 1. The summed E-state index contributed by atoms with van der Waals surface area (Å²) in [4.78, 5) is 27.9. The first-order chi connectivity index (χ1) is 13.3. The van der Waals surface area contributed by atoms with Crippen molar-refractivity contribution in [3.8, 4) is 5.69 Å². The second-order valence-corrected chi connectivity index (χ2v) is 8.85. The molecule has 2 aliphatic rings. The summed E-state index contributed by atoms with van der Waals surface area (Å²) >= 11 is 0. The lowest BCUT2D eigenvalue weighted by Crippen LogP contribution is -2.41. The highest BCUT2D eigenvalue weighted by Crippen LogP contribution is 2.50. The molecule has 1 aromatic carbocycles. The first-order valence-electron chi connectivity index (χ1n) is 9.76. The third-order valence-corrected chi connectivity index (χ3v) is 5.79. The number of benzene rings is 1. The molecule has 2 atom stereocenters. The van der Waals surface area contributed by atoms with Gasteiger partial charge >= 0.3 is 5.97 Å². The van der Waals surface area contributed by atoms with Gasteiger partial charge < -0.3 is 9.64 Å². The van der Waals surface area contributed by atoms with Crippen LogP contribution in [0, 0.1) is 11.3 Å². The van der Waals surface area contributed by atoms with E-state index in [1.165, 1.54) is 0 Å². The Balaban J connectivity index is 1.51. The monoisotopic (exact) mass is 382 g/mol. The van der Waals surface area contributed by atoms with Crippen LogP contribution in [0.15, 0.2) is 36.9 Å².